The number of nitrogens with zero attached hydrogens (tertiary/aromatic N) is 1. The van der Waals surface area contributed by atoms with Crippen molar-refractivity contribution in [3.63, 3.8) is 0 Å². The van der Waals surface area contributed by atoms with Crippen molar-refractivity contribution >= 4 is 18.2 Å². The van der Waals surface area contributed by atoms with E-state index in [0.29, 0.717) is 30.9 Å². The number of nitrogens with one attached hydrogen (secondary N) is 1. The molecule has 2 rings (SSSR count). The number of allylic oxidation sites excluding steroid dienone is 1. The molecule has 0 aromatic heterocycles. The monoisotopic (exact) mass is 895 g/mol. The highest BCUT2D eigenvalue weighted by Gasteiger charge is 2.37. The Morgan fingerprint density at radius 1 is 0.667 bits per heavy atom. The lowest BCUT2D eigenvalue weighted by atomic mass is 9.94. The number of benzene rings is 1. The van der Waals surface area contributed by atoms with E-state index >= 15 is 0 Å². The number of rotatable bonds is 35. The molecule has 1 aromatic rings. The largest absolute Gasteiger partial charge is 0.499 e. The molecule has 0 bridgehead atoms. The minimum Gasteiger partial charge on any atom is -0.499 e. The predicted molar refractivity (Wildman–Crippen MR) is 236 cm³/mol. The van der Waals surface area contributed by atoms with Gasteiger partial charge in [-0.25, -0.2) is 0 Å². The van der Waals surface area contributed by atoms with Gasteiger partial charge in [0.15, 0.2) is 0 Å². The van der Waals surface area contributed by atoms with Crippen LogP contribution in [0.5, 0.6) is 0 Å². The molecule has 0 saturated carbocycles. The van der Waals surface area contributed by atoms with E-state index in [-0.39, 0.29) is 76.1 Å². The number of aliphatic hydroxyl groups is 10. The van der Waals surface area contributed by atoms with E-state index in [1.807, 2.05) is 37.3 Å². The average Bonchev–Trinajstić information content (AvgIpc) is 3.50. The Kier molecular flexibility index (Phi) is 27.3. The van der Waals surface area contributed by atoms with Crippen molar-refractivity contribution in [2.24, 2.45) is 5.92 Å². The molecule has 1 aliphatic heterocycles. The van der Waals surface area contributed by atoms with Crippen molar-refractivity contribution in [2.75, 3.05) is 13.7 Å². The topological polar surface area (TPSA) is 278 Å². The Morgan fingerprint density at radius 3 is 1.56 bits per heavy atom. The Balaban J connectivity index is 1.57. The highest BCUT2D eigenvalue weighted by Crippen LogP contribution is 2.26. The van der Waals surface area contributed by atoms with Gasteiger partial charge in [-0.1, -0.05) is 81.4 Å². The van der Waals surface area contributed by atoms with Crippen LogP contribution in [-0.4, -0.2) is 155 Å². The van der Waals surface area contributed by atoms with Gasteiger partial charge in [0.05, 0.1) is 68.1 Å². The summed E-state index contributed by atoms with van der Waals surface area (Å²) in [6.07, 6.45) is -0.814. The molecule has 12 atom stereocenters. The van der Waals surface area contributed by atoms with Gasteiger partial charge in [0.1, 0.15) is 11.8 Å². The van der Waals surface area contributed by atoms with Crippen LogP contribution in [0.4, 0.5) is 0 Å². The van der Waals surface area contributed by atoms with Gasteiger partial charge in [-0.2, -0.15) is 0 Å². The predicted octanol–water partition coefficient (Wildman–Crippen LogP) is 2.07. The molecule has 63 heavy (non-hydrogen) atoms. The second-order valence-electron chi connectivity index (χ2n) is 17.8. The second kappa shape index (κ2) is 30.8. The van der Waals surface area contributed by atoms with Crippen molar-refractivity contribution < 1.29 is 70.2 Å². The van der Waals surface area contributed by atoms with Crippen LogP contribution in [0.1, 0.15) is 129 Å². The maximum absolute atomic E-state index is 13.3. The minimum atomic E-state index is -1.16. The Bertz CT molecular complexity index is 1500. The van der Waals surface area contributed by atoms with Crippen LogP contribution in [0.3, 0.4) is 0 Å². The first-order valence-corrected chi connectivity index (χ1v) is 22.7. The summed E-state index contributed by atoms with van der Waals surface area (Å²) in [7, 11) is 1.51. The van der Waals surface area contributed by atoms with Crippen LogP contribution in [0.15, 0.2) is 53.8 Å². The number of hydrogen-bond acceptors (Lipinski definition) is 14. The van der Waals surface area contributed by atoms with Gasteiger partial charge in [0, 0.05) is 31.5 Å². The van der Waals surface area contributed by atoms with Gasteiger partial charge in [0.25, 0.3) is 11.8 Å². The fourth-order valence-electron chi connectivity index (χ4n) is 8.43. The molecular weight excluding hydrogens is 817 g/mol. The van der Waals surface area contributed by atoms with Crippen molar-refractivity contribution in [1.29, 1.82) is 0 Å². The van der Waals surface area contributed by atoms with Crippen LogP contribution in [0, 0.1) is 5.92 Å². The van der Waals surface area contributed by atoms with E-state index < -0.39 is 67.1 Å². The number of methoxy groups -OCH3 is 1. The smallest absolute Gasteiger partial charge is 0.257 e. The summed E-state index contributed by atoms with van der Waals surface area (Å²) in [5, 5.41) is 105. The number of hydrogen-bond donors (Lipinski definition) is 11. The molecule has 0 radical (unpaired) electrons. The lowest BCUT2D eigenvalue weighted by Crippen LogP contribution is -2.41. The zero-order chi connectivity index (χ0) is 46.9. The van der Waals surface area contributed by atoms with E-state index in [4.69, 9.17) is 4.74 Å². The third-order valence-electron chi connectivity index (χ3n) is 11.5. The highest BCUT2D eigenvalue weighted by molar-refractivity contribution is 6.08. The SMILES string of the molecule is COC1=CC(=O)N(C(=O)C=C(C)C[C@H](C)CCCCCCC[C@H](O)C[C@@H](O)C[C@@H](O)C[C@@H](O)C[C@@H](O)C[C@@H](O)C[C@@H](O)C[C@@H](O)C[C@@H](O)C[C@H](O)CNC=O)[C@H]1Cc1ccccc1. The Morgan fingerprint density at radius 2 is 1.10 bits per heavy atom. The summed E-state index contributed by atoms with van der Waals surface area (Å²) in [6.45, 7) is 4.02. The maximum Gasteiger partial charge on any atom is 0.257 e. The van der Waals surface area contributed by atoms with Crippen molar-refractivity contribution in [3.8, 4) is 0 Å². The van der Waals surface area contributed by atoms with Gasteiger partial charge in [0.2, 0.25) is 6.41 Å². The van der Waals surface area contributed by atoms with Gasteiger partial charge in [-0.3, -0.25) is 19.3 Å². The first kappa shape index (κ1) is 55.8. The molecule has 3 amide bonds. The molecule has 0 spiro atoms. The standard InChI is InChI=1S/C47H78N2O14/c1-31(16-32(2)17-46(61)49-44(45(63-3)28-47(49)62)18-33-13-9-7-10-14-33)12-8-5-4-6-11-15-34(51)19-35(52)20-36(53)21-37(54)22-38(55)23-39(56)24-40(57)25-41(58)26-42(59)27-43(60)29-48-30-50/h7,9-10,13-14,17,28,30-31,34-44,51-60H,4-6,8,11-12,15-16,18-27,29H2,1-3H3,(H,48,50)/t31-,34+,35-,36-,37-,38-,39-,40-,41-,42-,43+,44+/m1/s1. The number of unbranched alkanes of at least 4 members (excludes halogenated alkanes) is 4. The molecule has 16 heteroatoms. The van der Waals surface area contributed by atoms with E-state index in [1.165, 1.54) is 18.1 Å². The molecule has 360 valence electrons. The lowest BCUT2D eigenvalue weighted by molar-refractivity contribution is -0.139. The summed E-state index contributed by atoms with van der Waals surface area (Å²) in [4.78, 5) is 37.6. The number of imide groups is 1. The van der Waals surface area contributed by atoms with Crippen LogP contribution in [0.2, 0.25) is 0 Å². The minimum absolute atomic E-state index is 0.0503. The zero-order valence-electron chi connectivity index (χ0n) is 37.5. The van der Waals surface area contributed by atoms with Gasteiger partial charge < -0.3 is 61.1 Å². The fraction of sp³-hybridized carbons (Fsp3) is 0.723. The normalized spacial score (nSPS) is 19.9. The van der Waals surface area contributed by atoms with Crippen molar-refractivity contribution in [2.45, 2.75) is 197 Å². The third kappa shape index (κ3) is 24.0. The second-order valence-corrected chi connectivity index (χ2v) is 17.8. The molecule has 1 aliphatic rings. The van der Waals surface area contributed by atoms with Crippen LogP contribution < -0.4 is 5.32 Å². The molecule has 0 aliphatic carbocycles. The Hall–Kier alpha value is -3.29. The average molecular weight is 895 g/mol. The number of aliphatic hydroxyl groups excluding tert-OH is 10. The highest BCUT2D eigenvalue weighted by atomic mass is 16.5. The first-order valence-electron chi connectivity index (χ1n) is 22.7. The van der Waals surface area contributed by atoms with E-state index in [2.05, 4.69) is 12.2 Å². The first-order chi connectivity index (χ1) is 29.9. The molecular formula is C47H78N2O14. The van der Waals surface area contributed by atoms with Crippen molar-refractivity contribution in [3.05, 3.63) is 59.4 Å². The maximum atomic E-state index is 13.3. The number of carbonyl (C=O) groups excluding carboxylic acids is 3. The molecule has 0 unspecified atom stereocenters. The zero-order valence-corrected chi connectivity index (χ0v) is 37.5. The van der Waals surface area contributed by atoms with Gasteiger partial charge >= 0.3 is 0 Å². The Labute approximate surface area is 373 Å². The van der Waals surface area contributed by atoms with Crippen molar-refractivity contribution in [1.82, 2.24) is 10.2 Å². The summed E-state index contributed by atoms with van der Waals surface area (Å²) in [5.41, 5.74) is 1.92. The molecule has 0 saturated heterocycles. The third-order valence-corrected chi connectivity index (χ3v) is 11.5. The van der Waals surface area contributed by atoms with Gasteiger partial charge in [-0.15, -0.1) is 0 Å². The van der Waals surface area contributed by atoms with E-state index in [9.17, 15) is 65.4 Å². The summed E-state index contributed by atoms with van der Waals surface area (Å²) >= 11 is 0. The number of amides is 3. The van der Waals surface area contributed by atoms with E-state index in [1.54, 1.807) is 6.08 Å². The van der Waals surface area contributed by atoms with E-state index in [0.717, 1.165) is 56.1 Å². The molecule has 11 N–H and O–H groups in total. The molecule has 1 aromatic carbocycles. The molecule has 16 nitrogen and oxygen atoms in total. The van der Waals surface area contributed by atoms with Crippen LogP contribution in [0.25, 0.3) is 0 Å². The summed E-state index contributed by atoms with van der Waals surface area (Å²) in [5.74, 6) is 0.114. The fourth-order valence-corrected chi connectivity index (χ4v) is 8.43. The lowest BCUT2D eigenvalue weighted by Gasteiger charge is -2.24. The molecule has 0 fully saturated rings. The van der Waals surface area contributed by atoms with Crippen LogP contribution in [-0.2, 0) is 25.5 Å². The number of carbonyl (C=O) groups is 3. The summed E-state index contributed by atoms with van der Waals surface area (Å²) < 4.78 is 5.45. The quantitative estimate of drug-likeness (QED) is 0.0265. The number of ether oxygens (including phenoxy) is 1. The van der Waals surface area contributed by atoms with Crippen LogP contribution >= 0.6 is 0 Å². The summed E-state index contributed by atoms with van der Waals surface area (Å²) in [6, 6.07) is 9.19. The molecule has 1 heterocycles. The van der Waals surface area contributed by atoms with Gasteiger partial charge in [-0.05, 0) is 82.6 Å².